The zero-order chi connectivity index (χ0) is 11.9. The minimum Gasteiger partial charge on any atom is -0.261 e. The summed E-state index contributed by atoms with van der Waals surface area (Å²) in [7, 11) is -0.392. The van der Waals surface area contributed by atoms with Crippen molar-refractivity contribution in [2.75, 3.05) is 24.0 Å². The lowest BCUT2D eigenvalue weighted by molar-refractivity contribution is 0.776. The Hall–Kier alpha value is -0.500. The third-order valence-corrected chi connectivity index (χ3v) is 5.64. The maximum absolute atomic E-state index is 4.39. The Kier molecular flexibility index (Phi) is 5.89. The molecule has 0 bridgehead atoms. The molecule has 0 radical (unpaired) electrons. The first-order valence-corrected chi connectivity index (χ1v) is 9.01. The van der Waals surface area contributed by atoms with Crippen molar-refractivity contribution in [1.82, 2.24) is 4.98 Å². The van der Waals surface area contributed by atoms with Crippen molar-refractivity contribution in [2.45, 2.75) is 32.6 Å². The highest BCUT2D eigenvalue weighted by Gasteiger charge is 2.11. The van der Waals surface area contributed by atoms with Crippen molar-refractivity contribution in [1.29, 1.82) is 0 Å². The van der Waals surface area contributed by atoms with E-state index in [1.807, 2.05) is 12.3 Å². The van der Waals surface area contributed by atoms with Crippen LogP contribution in [-0.2, 0) is 6.42 Å². The van der Waals surface area contributed by atoms with E-state index in [1.165, 1.54) is 36.5 Å². The van der Waals surface area contributed by atoms with E-state index < -0.39 is 10.0 Å². The summed E-state index contributed by atoms with van der Waals surface area (Å²) >= 11 is 0. The number of rotatable bonds is 7. The highest BCUT2D eigenvalue weighted by Crippen LogP contribution is 2.41. The second-order valence-electron chi connectivity index (χ2n) is 4.95. The van der Waals surface area contributed by atoms with E-state index in [9.17, 15) is 0 Å². The van der Waals surface area contributed by atoms with Gasteiger partial charge in [0.05, 0.1) is 0 Å². The van der Waals surface area contributed by atoms with Crippen molar-refractivity contribution in [3.63, 3.8) is 0 Å². The summed E-state index contributed by atoms with van der Waals surface area (Å²) in [6.45, 7) is 2.27. The lowest BCUT2D eigenvalue weighted by atomic mass is 10.3. The summed E-state index contributed by atoms with van der Waals surface area (Å²) in [6.07, 6.45) is 12.1. The number of aryl methyl sites for hydroxylation is 1. The SMILES string of the molecule is CCCCCS(C)(C)CCc1ccccn1. The number of aromatic nitrogens is 1. The number of unbranched alkanes of at least 4 members (excludes halogenated alkanes) is 2. The van der Waals surface area contributed by atoms with E-state index in [1.54, 1.807) is 0 Å². The third-order valence-electron chi connectivity index (χ3n) is 2.94. The standard InChI is InChI=1S/C14H25NS/c1-4-5-8-12-16(2,3)13-10-14-9-6-7-11-15-14/h6-7,9,11H,4-5,8,10,12-13H2,1-3H3. The lowest BCUT2D eigenvalue weighted by Crippen LogP contribution is -2.09. The molecular formula is C14H25NS. The molecule has 1 nitrogen and oxygen atoms in total. The van der Waals surface area contributed by atoms with Gasteiger partial charge in [0.2, 0.25) is 0 Å². The van der Waals surface area contributed by atoms with Crippen molar-refractivity contribution in [3.05, 3.63) is 30.1 Å². The Balaban J connectivity index is 2.30. The van der Waals surface area contributed by atoms with Gasteiger partial charge in [-0.2, -0.15) is 0 Å². The molecule has 0 aliphatic carbocycles. The first-order valence-electron chi connectivity index (χ1n) is 6.22. The summed E-state index contributed by atoms with van der Waals surface area (Å²) in [5.74, 6) is 2.75. The van der Waals surface area contributed by atoms with Crippen LogP contribution in [0.25, 0.3) is 0 Å². The molecule has 1 aromatic heterocycles. The zero-order valence-electron chi connectivity index (χ0n) is 10.9. The number of pyridine rings is 1. The first-order chi connectivity index (χ1) is 7.64. The fraction of sp³-hybridized carbons (Fsp3) is 0.643. The van der Waals surface area contributed by atoms with E-state index in [0.717, 1.165) is 6.42 Å². The quantitative estimate of drug-likeness (QED) is 0.658. The molecule has 2 heteroatoms. The van der Waals surface area contributed by atoms with Crippen molar-refractivity contribution in [2.24, 2.45) is 0 Å². The molecule has 0 N–H and O–H groups in total. The summed E-state index contributed by atoms with van der Waals surface area (Å²) in [6, 6.07) is 6.21. The second kappa shape index (κ2) is 6.95. The van der Waals surface area contributed by atoms with Crippen LogP contribution in [0.15, 0.2) is 24.4 Å². The molecule has 0 saturated carbocycles. The molecule has 92 valence electrons. The van der Waals surface area contributed by atoms with Crippen molar-refractivity contribution >= 4 is 10.0 Å². The average molecular weight is 239 g/mol. The summed E-state index contributed by atoms with van der Waals surface area (Å²) < 4.78 is 0. The van der Waals surface area contributed by atoms with Gasteiger partial charge in [0.25, 0.3) is 0 Å². The molecule has 0 aromatic carbocycles. The normalized spacial score (nSPS) is 12.7. The Bertz CT molecular complexity index is 282. The van der Waals surface area contributed by atoms with Gasteiger partial charge in [0.1, 0.15) is 0 Å². The van der Waals surface area contributed by atoms with Gasteiger partial charge in [-0.25, -0.2) is 10.0 Å². The van der Waals surface area contributed by atoms with Gasteiger partial charge in [-0.1, -0.05) is 25.8 Å². The van der Waals surface area contributed by atoms with Gasteiger partial charge in [0, 0.05) is 11.9 Å². The smallest absolute Gasteiger partial charge is 0.0411 e. The van der Waals surface area contributed by atoms with E-state index in [-0.39, 0.29) is 0 Å². The molecule has 0 aliphatic rings. The molecule has 16 heavy (non-hydrogen) atoms. The van der Waals surface area contributed by atoms with Gasteiger partial charge in [-0.3, -0.25) is 4.98 Å². The van der Waals surface area contributed by atoms with Gasteiger partial charge in [-0.15, -0.1) is 0 Å². The Morgan fingerprint density at radius 3 is 2.56 bits per heavy atom. The summed E-state index contributed by atoms with van der Waals surface area (Å²) in [5.41, 5.74) is 1.25. The average Bonchev–Trinajstić information content (AvgIpc) is 2.28. The van der Waals surface area contributed by atoms with Crippen LogP contribution in [0.4, 0.5) is 0 Å². The van der Waals surface area contributed by atoms with Gasteiger partial charge < -0.3 is 0 Å². The fourth-order valence-electron chi connectivity index (χ4n) is 1.77. The van der Waals surface area contributed by atoms with Crippen LogP contribution < -0.4 is 0 Å². The van der Waals surface area contributed by atoms with Crippen LogP contribution in [0.2, 0.25) is 0 Å². The molecule has 0 atom stereocenters. The largest absolute Gasteiger partial charge is 0.261 e. The summed E-state index contributed by atoms with van der Waals surface area (Å²) in [5, 5.41) is 0. The number of hydrogen-bond acceptors (Lipinski definition) is 1. The van der Waals surface area contributed by atoms with Crippen LogP contribution in [0, 0.1) is 0 Å². The molecule has 1 heterocycles. The van der Waals surface area contributed by atoms with Crippen LogP contribution in [0.5, 0.6) is 0 Å². The van der Waals surface area contributed by atoms with Crippen LogP contribution in [0.1, 0.15) is 31.9 Å². The maximum atomic E-state index is 4.39. The van der Waals surface area contributed by atoms with Gasteiger partial charge in [0.15, 0.2) is 0 Å². The zero-order valence-corrected chi connectivity index (χ0v) is 11.7. The van der Waals surface area contributed by atoms with Crippen molar-refractivity contribution < 1.29 is 0 Å². The molecule has 0 aliphatic heterocycles. The van der Waals surface area contributed by atoms with Crippen LogP contribution in [-0.4, -0.2) is 29.0 Å². The van der Waals surface area contributed by atoms with Crippen molar-refractivity contribution in [3.8, 4) is 0 Å². The predicted octanol–water partition coefficient (Wildman–Crippen LogP) is 3.88. The molecule has 1 aromatic rings. The highest BCUT2D eigenvalue weighted by atomic mass is 32.3. The molecule has 0 unspecified atom stereocenters. The molecule has 0 spiro atoms. The van der Waals surface area contributed by atoms with E-state index in [0.29, 0.717) is 0 Å². The molecular weight excluding hydrogens is 214 g/mol. The Labute approximate surface area is 102 Å². The molecule has 0 amide bonds. The van der Waals surface area contributed by atoms with Crippen LogP contribution in [0.3, 0.4) is 0 Å². The van der Waals surface area contributed by atoms with E-state index in [2.05, 4.69) is 36.6 Å². The first kappa shape index (κ1) is 13.6. The minimum absolute atomic E-state index is 0.392. The molecule has 0 saturated heterocycles. The third kappa shape index (κ3) is 5.55. The number of nitrogens with zero attached hydrogens (tertiary/aromatic N) is 1. The van der Waals surface area contributed by atoms with Gasteiger partial charge in [-0.05, 0) is 49.0 Å². The Morgan fingerprint density at radius 2 is 1.94 bits per heavy atom. The highest BCUT2D eigenvalue weighted by molar-refractivity contribution is 8.32. The Morgan fingerprint density at radius 1 is 1.12 bits per heavy atom. The van der Waals surface area contributed by atoms with E-state index in [4.69, 9.17) is 0 Å². The van der Waals surface area contributed by atoms with E-state index >= 15 is 0 Å². The monoisotopic (exact) mass is 239 g/mol. The second-order valence-corrected chi connectivity index (χ2v) is 9.30. The van der Waals surface area contributed by atoms with Gasteiger partial charge >= 0.3 is 0 Å². The van der Waals surface area contributed by atoms with Crippen LogP contribution >= 0.6 is 10.0 Å². The fourth-order valence-corrected chi connectivity index (χ4v) is 3.72. The topological polar surface area (TPSA) is 12.9 Å². The molecule has 0 fully saturated rings. The minimum atomic E-state index is -0.392. The molecule has 1 rings (SSSR count). The maximum Gasteiger partial charge on any atom is 0.0411 e. The predicted molar refractivity (Wildman–Crippen MR) is 76.6 cm³/mol. The summed E-state index contributed by atoms with van der Waals surface area (Å²) in [4.78, 5) is 4.39. The lowest BCUT2D eigenvalue weighted by Gasteiger charge is -2.31. The number of hydrogen-bond donors (Lipinski definition) is 0.